The van der Waals surface area contributed by atoms with Gasteiger partial charge in [-0.15, -0.1) is 0 Å². The Kier molecular flexibility index (Phi) is 2.72. The molecule has 0 atom stereocenters. The van der Waals surface area contributed by atoms with E-state index in [1.54, 1.807) is 11.5 Å². The van der Waals surface area contributed by atoms with Crippen LogP contribution in [0.4, 0.5) is 0 Å². The Hall–Kier alpha value is -1.72. The molecule has 0 amide bonds. The standard InChI is InChI=1S/C10H13N3O3/c1-7-11-9(15)12(5-2-6-14)10(16)13(7)8-3-4-8/h6,8H,2-5H2,1H3. The lowest BCUT2D eigenvalue weighted by atomic mass is 10.4. The molecule has 1 heterocycles. The molecule has 6 nitrogen and oxygen atoms in total. The van der Waals surface area contributed by atoms with E-state index in [4.69, 9.17) is 0 Å². The highest BCUT2D eigenvalue weighted by Crippen LogP contribution is 2.33. The minimum absolute atomic E-state index is 0.112. The summed E-state index contributed by atoms with van der Waals surface area (Å²) in [7, 11) is 0. The topological polar surface area (TPSA) is 74.0 Å². The van der Waals surface area contributed by atoms with Crippen LogP contribution in [0.1, 0.15) is 31.1 Å². The predicted molar refractivity (Wildman–Crippen MR) is 56.4 cm³/mol. The molecule has 0 spiro atoms. The van der Waals surface area contributed by atoms with Crippen molar-refractivity contribution in [2.75, 3.05) is 0 Å². The van der Waals surface area contributed by atoms with Gasteiger partial charge in [0, 0.05) is 19.0 Å². The second-order valence-electron chi connectivity index (χ2n) is 3.93. The summed E-state index contributed by atoms with van der Waals surface area (Å²) in [6.45, 7) is 1.77. The van der Waals surface area contributed by atoms with Crippen LogP contribution in [0.5, 0.6) is 0 Å². The first-order valence-electron chi connectivity index (χ1n) is 5.28. The highest BCUT2D eigenvalue weighted by Gasteiger charge is 2.27. The maximum atomic E-state index is 12.0. The van der Waals surface area contributed by atoms with Gasteiger partial charge in [0.25, 0.3) is 0 Å². The van der Waals surface area contributed by atoms with E-state index in [1.807, 2.05) is 0 Å². The van der Waals surface area contributed by atoms with Gasteiger partial charge in [0.1, 0.15) is 12.1 Å². The first-order valence-corrected chi connectivity index (χ1v) is 5.28. The molecule has 1 aromatic rings. The van der Waals surface area contributed by atoms with Crippen molar-refractivity contribution in [3.05, 3.63) is 26.8 Å². The summed E-state index contributed by atoms with van der Waals surface area (Å²) in [5.41, 5.74) is -0.914. The summed E-state index contributed by atoms with van der Waals surface area (Å²) in [4.78, 5) is 37.5. The number of aryl methyl sites for hydroxylation is 1. The number of aldehydes is 1. The number of nitrogens with zero attached hydrogens (tertiary/aromatic N) is 3. The van der Waals surface area contributed by atoms with E-state index in [1.165, 1.54) is 0 Å². The molecular formula is C10H13N3O3. The number of carbonyl (C=O) groups is 1. The fraction of sp³-hybridized carbons (Fsp3) is 0.600. The largest absolute Gasteiger partial charge is 0.353 e. The highest BCUT2D eigenvalue weighted by molar-refractivity contribution is 5.48. The van der Waals surface area contributed by atoms with Crippen LogP contribution < -0.4 is 11.4 Å². The smallest absolute Gasteiger partial charge is 0.303 e. The van der Waals surface area contributed by atoms with E-state index in [9.17, 15) is 14.4 Å². The molecule has 0 radical (unpaired) electrons. The van der Waals surface area contributed by atoms with Crippen LogP contribution in [0.2, 0.25) is 0 Å². The molecule has 86 valence electrons. The first kappa shape index (κ1) is 10.8. The minimum Gasteiger partial charge on any atom is -0.303 e. The van der Waals surface area contributed by atoms with Crippen LogP contribution in [0, 0.1) is 6.92 Å². The Balaban J connectivity index is 2.51. The van der Waals surface area contributed by atoms with Crippen LogP contribution in [-0.2, 0) is 11.3 Å². The lowest BCUT2D eigenvalue weighted by Crippen LogP contribution is -2.42. The molecule has 0 unspecified atom stereocenters. The highest BCUT2D eigenvalue weighted by atomic mass is 16.2. The number of hydrogen-bond acceptors (Lipinski definition) is 4. The molecule has 2 rings (SSSR count). The summed E-state index contributed by atoms with van der Waals surface area (Å²) < 4.78 is 2.58. The Morgan fingerprint density at radius 3 is 2.69 bits per heavy atom. The molecule has 16 heavy (non-hydrogen) atoms. The number of aromatic nitrogens is 3. The van der Waals surface area contributed by atoms with E-state index in [2.05, 4.69) is 4.98 Å². The Bertz CT molecular complexity index is 525. The molecular weight excluding hydrogens is 210 g/mol. The summed E-state index contributed by atoms with van der Waals surface area (Å²) in [5.74, 6) is 0.458. The Labute approximate surface area is 91.5 Å². The van der Waals surface area contributed by atoms with Gasteiger partial charge in [-0.3, -0.25) is 4.57 Å². The molecule has 0 aromatic carbocycles. The third-order valence-electron chi connectivity index (χ3n) is 2.66. The van der Waals surface area contributed by atoms with Crippen molar-refractivity contribution < 1.29 is 4.79 Å². The van der Waals surface area contributed by atoms with Crippen molar-refractivity contribution in [2.24, 2.45) is 0 Å². The monoisotopic (exact) mass is 223 g/mol. The average Bonchev–Trinajstić information content (AvgIpc) is 3.01. The lowest BCUT2D eigenvalue weighted by Gasteiger charge is -2.09. The Morgan fingerprint density at radius 1 is 1.44 bits per heavy atom. The fourth-order valence-electron chi connectivity index (χ4n) is 1.73. The quantitative estimate of drug-likeness (QED) is 0.653. The summed E-state index contributed by atoms with van der Waals surface area (Å²) in [5, 5.41) is 0. The van der Waals surface area contributed by atoms with Gasteiger partial charge >= 0.3 is 11.4 Å². The van der Waals surface area contributed by atoms with Crippen LogP contribution in [-0.4, -0.2) is 20.4 Å². The van der Waals surface area contributed by atoms with Gasteiger partial charge in [-0.1, -0.05) is 0 Å². The van der Waals surface area contributed by atoms with Gasteiger partial charge in [-0.05, 0) is 19.8 Å². The summed E-state index contributed by atoms with van der Waals surface area (Å²) in [6, 6.07) is 0.183. The molecule has 1 aliphatic carbocycles. The number of hydrogen-bond donors (Lipinski definition) is 0. The third-order valence-corrected chi connectivity index (χ3v) is 2.66. The normalized spacial score (nSPS) is 15.1. The second kappa shape index (κ2) is 4.03. The van der Waals surface area contributed by atoms with E-state index in [-0.39, 0.29) is 24.7 Å². The van der Waals surface area contributed by atoms with E-state index >= 15 is 0 Å². The summed E-state index contributed by atoms with van der Waals surface area (Å²) in [6.07, 6.45) is 2.75. The van der Waals surface area contributed by atoms with Crippen LogP contribution in [0.25, 0.3) is 0 Å². The van der Waals surface area contributed by atoms with E-state index in [0.29, 0.717) is 12.1 Å². The predicted octanol–water partition coefficient (Wildman–Crippen LogP) is -0.363. The first-order chi connectivity index (χ1) is 7.65. The number of rotatable bonds is 4. The molecule has 0 bridgehead atoms. The van der Waals surface area contributed by atoms with Crippen molar-refractivity contribution in [3.63, 3.8) is 0 Å². The molecule has 0 N–H and O–H groups in total. The summed E-state index contributed by atoms with van der Waals surface area (Å²) >= 11 is 0. The maximum absolute atomic E-state index is 12.0. The van der Waals surface area contributed by atoms with Crippen LogP contribution >= 0.6 is 0 Å². The van der Waals surface area contributed by atoms with Crippen molar-refractivity contribution in [2.45, 2.75) is 38.8 Å². The van der Waals surface area contributed by atoms with Crippen molar-refractivity contribution in [1.29, 1.82) is 0 Å². The van der Waals surface area contributed by atoms with Gasteiger partial charge in [-0.25, -0.2) is 14.2 Å². The zero-order chi connectivity index (χ0) is 11.7. The third kappa shape index (κ3) is 1.82. The second-order valence-corrected chi connectivity index (χ2v) is 3.93. The van der Waals surface area contributed by atoms with Crippen molar-refractivity contribution >= 4 is 6.29 Å². The zero-order valence-electron chi connectivity index (χ0n) is 9.05. The molecule has 1 fully saturated rings. The van der Waals surface area contributed by atoms with Gasteiger partial charge < -0.3 is 4.79 Å². The SMILES string of the molecule is Cc1nc(=O)n(CCC=O)c(=O)n1C1CC1. The lowest BCUT2D eigenvalue weighted by molar-refractivity contribution is -0.108. The maximum Gasteiger partial charge on any atom is 0.353 e. The molecule has 1 saturated carbocycles. The van der Waals surface area contributed by atoms with Gasteiger partial charge in [-0.2, -0.15) is 4.98 Å². The average molecular weight is 223 g/mol. The van der Waals surface area contributed by atoms with E-state index in [0.717, 1.165) is 17.4 Å². The van der Waals surface area contributed by atoms with Crippen molar-refractivity contribution in [3.8, 4) is 0 Å². The number of carbonyl (C=O) groups excluding carboxylic acids is 1. The molecule has 0 aliphatic heterocycles. The molecule has 1 aliphatic rings. The van der Waals surface area contributed by atoms with Crippen LogP contribution in [0.3, 0.4) is 0 Å². The zero-order valence-corrected chi connectivity index (χ0v) is 9.05. The van der Waals surface area contributed by atoms with Gasteiger partial charge in [0.2, 0.25) is 0 Å². The Morgan fingerprint density at radius 2 is 2.12 bits per heavy atom. The fourth-order valence-corrected chi connectivity index (χ4v) is 1.73. The molecule has 1 aromatic heterocycles. The van der Waals surface area contributed by atoms with E-state index < -0.39 is 5.69 Å². The van der Waals surface area contributed by atoms with Gasteiger partial charge in [0.15, 0.2) is 0 Å². The van der Waals surface area contributed by atoms with Crippen molar-refractivity contribution in [1.82, 2.24) is 14.1 Å². The molecule has 0 saturated heterocycles. The van der Waals surface area contributed by atoms with Crippen LogP contribution in [0.15, 0.2) is 9.59 Å². The minimum atomic E-state index is -0.568. The van der Waals surface area contributed by atoms with Gasteiger partial charge in [0.05, 0.1) is 0 Å². The molecule has 6 heteroatoms.